The number of aliphatic carboxylic acids is 1. The number of unbranched alkanes of at least 4 members (excludes halogenated alkanes) is 2. The van der Waals surface area contributed by atoms with Gasteiger partial charge in [0.2, 0.25) is 0 Å². The van der Waals surface area contributed by atoms with Crippen molar-refractivity contribution in [2.75, 3.05) is 6.54 Å². The second kappa shape index (κ2) is 11.9. The van der Waals surface area contributed by atoms with Crippen molar-refractivity contribution in [3.05, 3.63) is 64.2 Å². The van der Waals surface area contributed by atoms with E-state index in [1.165, 1.54) is 0 Å². The number of ketones is 2. The zero-order valence-electron chi connectivity index (χ0n) is 20.4. The lowest BCUT2D eigenvalue weighted by molar-refractivity contribution is -0.137. The fourth-order valence-electron chi connectivity index (χ4n) is 5.03. The van der Waals surface area contributed by atoms with Gasteiger partial charge in [0.05, 0.1) is 16.8 Å². The van der Waals surface area contributed by atoms with Crippen LogP contribution < -0.4 is 0 Å². The molecular weight excluding hydrogens is 460 g/mol. The second-order valence-corrected chi connectivity index (χ2v) is 9.50. The molecule has 190 valence electrons. The number of benzene rings is 1. The van der Waals surface area contributed by atoms with Gasteiger partial charge in [-0.2, -0.15) is 0 Å². The third kappa shape index (κ3) is 6.17. The standard InChI is InChI=1S/C28H32N2O6/c31-22-11-7-10-20(29-15-6-2-5-12-26(34)35)27(22)23(32)14-13-21-28-24(33)16-19(17-25(28)36-30-21)18-8-3-1-4-9-18/h1,3-4,8-9,19,32H,2,5-7,10-17H2,(H,34,35). The van der Waals surface area contributed by atoms with Crippen molar-refractivity contribution in [1.82, 2.24) is 5.16 Å². The van der Waals surface area contributed by atoms with Crippen molar-refractivity contribution >= 4 is 23.2 Å². The molecule has 1 atom stereocenters. The molecule has 1 aromatic heterocycles. The zero-order valence-corrected chi connectivity index (χ0v) is 20.4. The van der Waals surface area contributed by atoms with Gasteiger partial charge < -0.3 is 14.7 Å². The number of carboxylic acid groups (broad SMARTS) is 1. The summed E-state index contributed by atoms with van der Waals surface area (Å²) in [5.74, 6) is -0.307. The molecule has 0 bridgehead atoms. The molecule has 1 heterocycles. The SMILES string of the molecule is O=C(O)CCCCCN=C1CCCC(=O)C1=C(O)CCc1noc2c1C(=O)CC(c1ccccc1)C2. The Morgan fingerprint density at radius 1 is 1.00 bits per heavy atom. The number of nitrogens with zero attached hydrogens (tertiary/aromatic N) is 2. The van der Waals surface area contributed by atoms with Crippen LogP contribution in [0.25, 0.3) is 0 Å². The van der Waals surface area contributed by atoms with Gasteiger partial charge >= 0.3 is 5.97 Å². The fourth-order valence-corrected chi connectivity index (χ4v) is 5.03. The molecule has 1 saturated carbocycles. The molecule has 0 saturated heterocycles. The van der Waals surface area contributed by atoms with Crippen LogP contribution in [0.2, 0.25) is 0 Å². The normalized spacial score (nSPS) is 20.4. The molecule has 2 aliphatic carbocycles. The first kappa shape index (κ1) is 25.5. The molecule has 0 radical (unpaired) electrons. The third-order valence-corrected chi connectivity index (χ3v) is 6.87. The van der Waals surface area contributed by atoms with Gasteiger partial charge in [-0.25, -0.2) is 0 Å². The Morgan fingerprint density at radius 3 is 2.58 bits per heavy atom. The van der Waals surface area contributed by atoms with E-state index in [-0.39, 0.29) is 36.1 Å². The van der Waals surface area contributed by atoms with Crippen molar-refractivity contribution in [3.63, 3.8) is 0 Å². The average molecular weight is 493 g/mol. The van der Waals surface area contributed by atoms with Crippen LogP contribution in [0.1, 0.15) is 91.1 Å². The highest BCUT2D eigenvalue weighted by atomic mass is 16.5. The first-order valence-corrected chi connectivity index (χ1v) is 12.7. The van der Waals surface area contributed by atoms with Crippen molar-refractivity contribution in [2.45, 2.75) is 76.5 Å². The number of allylic oxidation sites excluding steroid dienone is 2. The minimum Gasteiger partial charge on any atom is -0.511 e. The Balaban J connectivity index is 1.41. The summed E-state index contributed by atoms with van der Waals surface area (Å²) in [6, 6.07) is 9.90. The lowest BCUT2D eigenvalue weighted by Crippen LogP contribution is -2.22. The molecule has 0 amide bonds. The molecule has 1 unspecified atom stereocenters. The number of aromatic nitrogens is 1. The highest BCUT2D eigenvalue weighted by Crippen LogP contribution is 2.35. The molecule has 0 aliphatic heterocycles. The number of aliphatic imine (C=N–C) groups is 1. The largest absolute Gasteiger partial charge is 0.511 e. The number of aryl methyl sites for hydroxylation is 1. The number of hydrogen-bond donors (Lipinski definition) is 2. The Hall–Kier alpha value is -3.55. The molecule has 36 heavy (non-hydrogen) atoms. The highest BCUT2D eigenvalue weighted by molar-refractivity contribution is 6.24. The quantitative estimate of drug-likeness (QED) is 0.266. The van der Waals surface area contributed by atoms with Crippen LogP contribution >= 0.6 is 0 Å². The molecule has 4 rings (SSSR count). The number of hydrogen-bond acceptors (Lipinski definition) is 7. The summed E-state index contributed by atoms with van der Waals surface area (Å²) in [5.41, 5.74) is 3.05. The van der Waals surface area contributed by atoms with E-state index in [2.05, 4.69) is 10.1 Å². The number of aliphatic hydroxyl groups excluding tert-OH is 1. The maximum atomic E-state index is 13.0. The highest BCUT2D eigenvalue weighted by Gasteiger charge is 2.33. The van der Waals surface area contributed by atoms with Crippen molar-refractivity contribution < 1.29 is 29.1 Å². The summed E-state index contributed by atoms with van der Waals surface area (Å²) < 4.78 is 5.53. The number of carbonyl (C=O) groups is 3. The predicted molar refractivity (Wildman–Crippen MR) is 134 cm³/mol. The van der Waals surface area contributed by atoms with Gasteiger partial charge in [-0.3, -0.25) is 19.4 Å². The molecule has 0 spiro atoms. The maximum absolute atomic E-state index is 13.0. The molecule has 2 N–H and O–H groups in total. The Labute approximate surface area is 210 Å². The summed E-state index contributed by atoms with van der Waals surface area (Å²) in [4.78, 5) is 40.8. The topological polar surface area (TPSA) is 130 Å². The van der Waals surface area contributed by atoms with Gasteiger partial charge in [-0.1, -0.05) is 41.9 Å². The van der Waals surface area contributed by atoms with Gasteiger partial charge in [-0.05, 0) is 37.2 Å². The van der Waals surface area contributed by atoms with Crippen LogP contribution in [0.15, 0.2) is 51.2 Å². The Bertz CT molecular complexity index is 1180. The summed E-state index contributed by atoms with van der Waals surface area (Å²) in [7, 11) is 0. The van der Waals surface area contributed by atoms with Gasteiger partial charge in [0, 0.05) is 50.8 Å². The maximum Gasteiger partial charge on any atom is 0.303 e. The molecule has 2 aromatic rings. The Morgan fingerprint density at radius 2 is 1.81 bits per heavy atom. The number of carbonyl (C=O) groups excluding carboxylic acids is 2. The molecule has 8 heteroatoms. The first-order chi connectivity index (χ1) is 17.4. The van der Waals surface area contributed by atoms with E-state index in [0.29, 0.717) is 79.8 Å². The van der Waals surface area contributed by atoms with E-state index in [4.69, 9.17) is 9.63 Å². The van der Waals surface area contributed by atoms with Crippen molar-refractivity contribution in [1.29, 1.82) is 0 Å². The predicted octanol–water partition coefficient (Wildman–Crippen LogP) is 5.17. The van der Waals surface area contributed by atoms with Gasteiger partial charge in [-0.15, -0.1) is 0 Å². The number of Topliss-reactive ketones (excluding diaryl/α,β-unsaturated/α-hetero) is 2. The number of fused-ring (bicyclic) bond motifs is 1. The minimum absolute atomic E-state index is 0.00705. The second-order valence-electron chi connectivity index (χ2n) is 9.50. The van der Waals surface area contributed by atoms with Gasteiger partial charge in [0.15, 0.2) is 11.6 Å². The summed E-state index contributed by atoms with van der Waals surface area (Å²) in [6.07, 6.45) is 5.37. The first-order valence-electron chi connectivity index (χ1n) is 12.7. The van der Waals surface area contributed by atoms with Gasteiger partial charge in [0.1, 0.15) is 11.5 Å². The monoisotopic (exact) mass is 492 g/mol. The molecule has 1 aromatic carbocycles. The van der Waals surface area contributed by atoms with Crippen molar-refractivity contribution in [2.24, 2.45) is 4.99 Å². The van der Waals surface area contributed by atoms with Crippen LogP contribution in [-0.2, 0) is 22.4 Å². The third-order valence-electron chi connectivity index (χ3n) is 6.87. The summed E-state index contributed by atoms with van der Waals surface area (Å²) in [6.45, 7) is 0.493. The smallest absolute Gasteiger partial charge is 0.303 e. The van der Waals surface area contributed by atoms with Crippen molar-refractivity contribution in [3.8, 4) is 0 Å². The lowest BCUT2D eigenvalue weighted by Gasteiger charge is -2.20. The van der Waals surface area contributed by atoms with E-state index in [1.807, 2.05) is 30.3 Å². The average Bonchev–Trinajstić information content (AvgIpc) is 3.28. The number of aliphatic hydroxyl groups is 1. The summed E-state index contributed by atoms with van der Waals surface area (Å²) in [5, 5.41) is 23.7. The lowest BCUT2D eigenvalue weighted by atomic mass is 9.81. The van der Waals surface area contributed by atoms with E-state index >= 15 is 0 Å². The zero-order chi connectivity index (χ0) is 25.5. The number of rotatable bonds is 10. The van der Waals surface area contributed by atoms with Crippen LogP contribution in [-0.4, -0.2) is 45.2 Å². The number of carboxylic acids is 1. The van der Waals surface area contributed by atoms with E-state index in [9.17, 15) is 19.5 Å². The Kier molecular flexibility index (Phi) is 8.46. The van der Waals surface area contributed by atoms with Gasteiger partial charge in [0.25, 0.3) is 0 Å². The van der Waals surface area contributed by atoms with Crippen LogP contribution in [0, 0.1) is 0 Å². The van der Waals surface area contributed by atoms with E-state index < -0.39 is 5.97 Å². The van der Waals surface area contributed by atoms with E-state index in [1.54, 1.807) is 0 Å². The molecule has 1 fully saturated rings. The molecule has 8 nitrogen and oxygen atoms in total. The van der Waals surface area contributed by atoms with Crippen LogP contribution in [0.5, 0.6) is 0 Å². The van der Waals surface area contributed by atoms with Crippen LogP contribution in [0.3, 0.4) is 0 Å². The summed E-state index contributed by atoms with van der Waals surface area (Å²) >= 11 is 0. The molecule has 2 aliphatic rings. The van der Waals surface area contributed by atoms with Crippen LogP contribution in [0.4, 0.5) is 0 Å². The molecular formula is C28H32N2O6. The van der Waals surface area contributed by atoms with E-state index in [0.717, 1.165) is 18.4 Å². The fraction of sp³-hybridized carbons (Fsp3) is 0.464. The minimum atomic E-state index is -0.805.